The highest BCUT2D eigenvalue weighted by molar-refractivity contribution is 9.10. The number of nitrogens with two attached hydrogens (primary N) is 1. The molecule has 0 heterocycles. The lowest BCUT2D eigenvalue weighted by atomic mass is 9.74. The van der Waals surface area contributed by atoms with Crippen LogP contribution in [-0.2, 0) is 6.54 Å². The summed E-state index contributed by atoms with van der Waals surface area (Å²) in [6.07, 6.45) is 7.89. The fourth-order valence-electron chi connectivity index (χ4n) is 3.68. The maximum absolute atomic E-state index is 6.19. The molecule has 0 spiro atoms. The van der Waals surface area contributed by atoms with Crippen LogP contribution in [-0.4, -0.2) is 24.0 Å². The van der Waals surface area contributed by atoms with Gasteiger partial charge in [0.25, 0.3) is 0 Å². The van der Waals surface area contributed by atoms with Crippen LogP contribution in [0.4, 0.5) is 0 Å². The molecule has 1 aromatic carbocycles. The Morgan fingerprint density at radius 2 is 1.86 bits per heavy atom. The second kappa shape index (κ2) is 7.75. The van der Waals surface area contributed by atoms with Gasteiger partial charge in [-0.05, 0) is 56.3 Å². The van der Waals surface area contributed by atoms with Gasteiger partial charge >= 0.3 is 0 Å². The van der Waals surface area contributed by atoms with Crippen LogP contribution >= 0.6 is 15.9 Å². The smallest absolute Gasteiger partial charge is 0.0332 e. The third-order valence-corrected chi connectivity index (χ3v) is 5.78. The lowest BCUT2D eigenvalue weighted by Crippen LogP contribution is -2.53. The van der Waals surface area contributed by atoms with E-state index in [9.17, 15) is 0 Å². The summed E-state index contributed by atoms with van der Waals surface area (Å²) in [4.78, 5) is 2.50. The minimum absolute atomic E-state index is 0.206. The molecule has 0 aromatic heterocycles. The molecular weight excluding hydrogens is 324 g/mol. The van der Waals surface area contributed by atoms with Gasteiger partial charge in [0.05, 0.1) is 0 Å². The van der Waals surface area contributed by atoms with Crippen LogP contribution < -0.4 is 5.73 Å². The molecule has 0 saturated heterocycles. The van der Waals surface area contributed by atoms with Gasteiger partial charge in [0.2, 0.25) is 0 Å². The quantitative estimate of drug-likeness (QED) is 0.812. The molecule has 2 rings (SSSR count). The van der Waals surface area contributed by atoms with Crippen LogP contribution in [0.15, 0.2) is 28.7 Å². The number of halogens is 1. The van der Waals surface area contributed by atoms with E-state index in [2.05, 4.69) is 59.1 Å². The Bertz CT molecular complexity index is 421. The van der Waals surface area contributed by atoms with E-state index in [0.717, 1.165) is 23.5 Å². The topological polar surface area (TPSA) is 29.3 Å². The first kappa shape index (κ1) is 17.0. The lowest BCUT2D eigenvalue weighted by molar-refractivity contribution is 0.0569. The average Bonchev–Trinajstić information content (AvgIpc) is 2.51. The normalized spacial score (nSPS) is 26.2. The molecule has 1 fully saturated rings. The molecule has 0 atom stereocenters. The first-order chi connectivity index (χ1) is 10.1. The molecule has 3 heteroatoms. The van der Waals surface area contributed by atoms with E-state index in [0.29, 0.717) is 0 Å². The summed E-state index contributed by atoms with van der Waals surface area (Å²) in [6.45, 7) is 4.06. The number of hydrogen-bond donors (Lipinski definition) is 1. The summed E-state index contributed by atoms with van der Waals surface area (Å²) < 4.78 is 1.14. The maximum atomic E-state index is 6.19. The fourth-order valence-corrected chi connectivity index (χ4v) is 3.95. The molecule has 21 heavy (non-hydrogen) atoms. The van der Waals surface area contributed by atoms with Crippen LogP contribution in [0.1, 0.15) is 51.0 Å². The Balaban J connectivity index is 1.98. The summed E-state index contributed by atoms with van der Waals surface area (Å²) >= 11 is 3.50. The van der Waals surface area contributed by atoms with Crippen molar-refractivity contribution in [2.24, 2.45) is 11.7 Å². The van der Waals surface area contributed by atoms with Crippen molar-refractivity contribution in [3.05, 3.63) is 34.3 Å². The summed E-state index contributed by atoms with van der Waals surface area (Å²) in [5.41, 5.74) is 7.76. The van der Waals surface area contributed by atoms with E-state index < -0.39 is 0 Å². The van der Waals surface area contributed by atoms with Gasteiger partial charge in [-0.25, -0.2) is 0 Å². The monoisotopic (exact) mass is 352 g/mol. The molecule has 0 bridgehead atoms. The number of rotatable bonds is 6. The highest BCUT2D eigenvalue weighted by atomic mass is 79.9. The Morgan fingerprint density at radius 1 is 1.24 bits per heavy atom. The SMILES string of the molecule is CCCC1CCC(CN)(N(C)Cc2ccc(Br)cc2)CC1. The van der Waals surface area contributed by atoms with Gasteiger partial charge in [0.15, 0.2) is 0 Å². The number of likely N-dealkylation sites (N-methyl/N-ethyl adjacent to an activating group) is 1. The predicted molar refractivity (Wildman–Crippen MR) is 94.3 cm³/mol. The summed E-state index contributed by atoms with van der Waals surface area (Å²) in [5.74, 6) is 0.927. The number of nitrogens with zero attached hydrogens (tertiary/aromatic N) is 1. The number of benzene rings is 1. The predicted octanol–water partition coefficient (Wildman–Crippen LogP) is 4.57. The molecule has 118 valence electrons. The van der Waals surface area contributed by atoms with Crippen molar-refractivity contribution in [1.82, 2.24) is 4.90 Å². The van der Waals surface area contributed by atoms with Crippen LogP contribution in [0.3, 0.4) is 0 Å². The van der Waals surface area contributed by atoms with Crippen molar-refractivity contribution in [2.45, 2.75) is 57.5 Å². The largest absolute Gasteiger partial charge is 0.329 e. The van der Waals surface area contributed by atoms with Crippen LogP contribution in [0.2, 0.25) is 0 Å². The minimum atomic E-state index is 0.206. The molecule has 0 unspecified atom stereocenters. The first-order valence-electron chi connectivity index (χ1n) is 8.25. The third-order valence-electron chi connectivity index (χ3n) is 5.26. The van der Waals surface area contributed by atoms with Gasteiger partial charge < -0.3 is 5.73 Å². The van der Waals surface area contributed by atoms with Gasteiger partial charge in [0, 0.05) is 23.1 Å². The van der Waals surface area contributed by atoms with E-state index >= 15 is 0 Å². The molecule has 0 aliphatic heterocycles. The molecule has 1 aliphatic rings. The average molecular weight is 353 g/mol. The van der Waals surface area contributed by atoms with Crippen molar-refractivity contribution in [3.63, 3.8) is 0 Å². The minimum Gasteiger partial charge on any atom is -0.329 e. The molecule has 1 saturated carbocycles. The van der Waals surface area contributed by atoms with Gasteiger partial charge in [0.1, 0.15) is 0 Å². The molecule has 2 nitrogen and oxygen atoms in total. The summed E-state index contributed by atoms with van der Waals surface area (Å²) in [7, 11) is 2.25. The zero-order valence-corrected chi connectivity index (χ0v) is 15.0. The van der Waals surface area contributed by atoms with Crippen LogP contribution in [0.5, 0.6) is 0 Å². The second-order valence-electron chi connectivity index (χ2n) is 6.64. The van der Waals surface area contributed by atoms with E-state index in [1.54, 1.807) is 0 Å². The van der Waals surface area contributed by atoms with Crippen molar-refractivity contribution >= 4 is 15.9 Å². The van der Waals surface area contributed by atoms with E-state index in [1.807, 2.05) is 0 Å². The lowest BCUT2D eigenvalue weighted by Gasteiger charge is -2.46. The van der Waals surface area contributed by atoms with Crippen LogP contribution in [0.25, 0.3) is 0 Å². The Kier molecular flexibility index (Phi) is 6.27. The molecule has 1 aromatic rings. The second-order valence-corrected chi connectivity index (χ2v) is 7.56. The van der Waals surface area contributed by atoms with Gasteiger partial charge in [-0.2, -0.15) is 0 Å². The van der Waals surface area contributed by atoms with E-state index in [4.69, 9.17) is 5.73 Å². The van der Waals surface area contributed by atoms with E-state index in [1.165, 1.54) is 44.1 Å². The maximum Gasteiger partial charge on any atom is 0.0332 e. The first-order valence-corrected chi connectivity index (χ1v) is 9.04. The van der Waals surface area contributed by atoms with Crippen molar-refractivity contribution in [2.75, 3.05) is 13.6 Å². The van der Waals surface area contributed by atoms with Gasteiger partial charge in [-0.3, -0.25) is 4.90 Å². The highest BCUT2D eigenvalue weighted by Gasteiger charge is 2.37. The molecule has 1 aliphatic carbocycles. The standard InChI is InChI=1S/C18H29BrN2/c1-3-4-15-9-11-18(14-20,12-10-15)21(2)13-16-5-7-17(19)8-6-16/h5-8,15H,3-4,9-14,20H2,1-2H3. The van der Waals surface area contributed by atoms with Crippen molar-refractivity contribution in [3.8, 4) is 0 Å². The Labute approximate surface area is 138 Å². The van der Waals surface area contributed by atoms with Crippen LogP contribution in [0, 0.1) is 5.92 Å². The molecule has 0 amide bonds. The fraction of sp³-hybridized carbons (Fsp3) is 0.667. The van der Waals surface area contributed by atoms with E-state index in [-0.39, 0.29) is 5.54 Å². The van der Waals surface area contributed by atoms with Crippen molar-refractivity contribution in [1.29, 1.82) is 0 Å². The molecule has 2 N–H and O–H groups in total. The zero-order valence-electron chi connectivity index (χ0n) is 13.4. The Morgan fingerprint density at radius 3 is 2.38 bits per heavy atom. The zero-order chi connectivity index (χ0) is 15.3. The highest BCUT2D eigenvalue weighted by Crippen LogP contribution is 2.37. The Hall–Kier alpha value is -0.380. The van der Waals surface area contributed by atoms with Gasteiger partial charge in [-0.15, -0.1) is 0 Å². The summed E-state index contributed by atoms with van der Waals surface area (Å²) in [5, 5.41) is 0. The van der Waals surface area contributed by atoms with Crippen molar-refractivity contribution < 1.29 is 0 Å². The molecular formula is C18H29BrN2. The van der Waals surface area contributed by atoms with Gasteiger partial charge in [-0.1, -0.05) is 47.8 Å². The third kappa shape index (κ3) is 4.30. The summed E-state index contributed by atoms with van der Waals surface area (Å²) in [6, 6.07) is 8.65. The number of hydrogen-bond acceptors (Lipinski definition) is 2. The molecule has 0 radical (unpaired) electrons.